The summed E-state index contributed by atoms with van der Waals surface area (Å²) in [5.41, 5.74) is 18.5. The zero-order chi connectivity index (χ0) is 41.8. The highest BCUT2D eigenvalue weighted by molar-refractivity contribution is 6.16. The van der Waals surface area contributed by atoms with Crippen molar-refractivity contribution in [2.75, 3.05) is 0 Å². The minimum atomic E-state index is -0.129. The smallest absolute Gasteiger partial charge is 0.235 e. The highest BCUT2D eigenvalue weighted by Gasteiger charge is 2.37. The summed E-state index contributed by atoms with van der Waals surface area (Å²) in [6, 6.07) is 74.6. The van der Waals surface area contributed by atoms with E-state index in [0.717, 1.165) is 38.8 Å². The van der Waals surface area contributed by atoms with Crippen LogP contribution in [-0.2, 0) is 5.41 Å². The van der Waals surface area contributed by atoms with Gasteiger partial charge in [-0.05, 0) is 87.5 Å². The minimum absolute atomic E-state index is 0.129. The summed E-state index contributed by atoms with van der Waals surface area (Å²) in [4.78, 5) is 10.8. The molecule has 3 heterocycles. The van der Waals surface area contributed by atoms with Crippen LogP contribution in [0, 0.1) is 0 Å². The Labute approximate surface area is 365 Å². The Morgan fingerprint density at radius 1 is 0.381 bits per heavy atom. The molecule has 13 rings (SSSR count). The molecule has 0 amide bonds. The Balaban J connectivity index is 0.924. The third-order valence-electron chi connectivity index (χ3n) is 13.5. The Morgan fingerprint density at radius 3 is 1.79 bits per heavy atom. The number of hydrogen-bond donors (Lipinski definition) is 0. The molecule has 9 aromatic carbocycles. The summed E-state index contributed by atoms with van der Waals surface area (Å²) < 4.78 is 4.68. The Morgan fingerprint density at radius 2 is 0.984 bits per heavy atom. The van der Waals surface area contributed by atoms with E-state index in [1.165, 1.54) is 77.2 Å². The molecule has 1 aliphatic carbocycles. The molecule has 4 nitrogen and oxygen atoms in total. The number of aromatic nitrogens is 4. The normalized spacial score (nSPS) is 13.0. The van der Waals surface area contributed by atoms with Crippen molar-refractivity contribution in [3.63, 3.8) is 0 Å². The lowest BCUT2D eigenvalue weighted by atomic mass is 9.82. The zero-order valence-corrected chi connectivity index (χ0v) is 34.9. The Kier molecular flexibility index (Phi) is 7.62. The second-order valence-electron chi connectivity index (χ2n) is 17.4. The summed E-state index contributed by atoms with van der Waals surface area (Å²) in [7, 11) is 0. The number of nitrogens with zero attached hydrogens (tertiary/aromatic N) is 4. The highest BCUT2D eigenvalue weighted by atomic mass is 15.2. The van der Waals surface area contributed by atoms with Crippen molar-refractivity contribution in [1.29, 1.82) is 0 Å². The maximum Gasteiger partial charge on any atom is 0.235 e. The van der Waals surface area contributed by atoms with Crippen molar-refractivity contribution in [3.8, 4) is 56.3 Å². The molecule has 0 N–H and O–H groups in total. The van der Waals surface area contributed by atoms with Crippen LogP contribution in [0.4, 0.5) is 0 Å². The molecule has 1 aliphatic rings. The molecule has 0 saturated carbocycles. The van der Waals surface area contributed by atoms with Crippen LogP contribution in [0.3, 0.4) is 0 Å². The van der Waals surface area contributed by atoms with Gasteiger partial charge >= 0.3 is 0 Å². The molecule has 0 unspecified atom stereocenters. The summed E-state index contributed by atoms with van der Waals surface area (Å²) in [5.74, 6) is 0.672. The van der Waals surface area contributed by atoms with Crippen molar-refractivity contribution in [1.82, 2.24) is 19.1 Å². The molecule has 0 saturated heterocycles. The molecule has 296 valence electrons. The Bertz CT molecular complexity index is 3810. The molecule has 4 heteroatoms. The van der Waals surface area contributed by atoms with E-state index < -0.39 is 0 Å². The number of fused-ring (bicyclic) bond motifs is 11. The zero-order valence-electron chi connectivity index (χ0n) is 34.9. The fourth-order valence-corrected chi connectivity index (χ4v) is 10.5. The lowest BCUT2D eigenvalue weighted by Gasteiger charge is -2.21. The van der Waals surface area contributed by atoms with Crippen LogP contribution < -0.4 is 0 Å². The predicted octanol–water partition coefficient (Wildman–Crippen LogP) is 15.1. The van der Waals surface area contributed by atoms with Gasteiger partial charge in [-0.2, -0.15) is 0 Å². The fourth-order valence-electron chi connectivity index (χ4n) is 10.5. The summed E-state index contributed by atoms with van der Waals surface area (Å²) in [6.07, 6.45) is 0. The third kappa shape index (κ3) is 5.28. The van der Waals surface area contributed by atoms with Gasteiger partial charge in [-0.1, -0.05) is 172 Å². The summed E-state index contributed by atoms with van der Waals surface area (Å²) >= 11 is 0. The van der Waals surface area contributed by atoms with E-state index in [0.29, 0.717) is 5.95 Å². The number of hydrogen-bond acceptors (Lipinski definition) is 2. The molecule has 0 aliphatic heterocycles. The third-order valence-corrected chi connectivity index (χ3v) is 13.5. The monoisotopic (exact) mass is 804 g/mol. The second-order valence-corrected chi connectivity index (χ2v) is 17.4. The first-order chi connectivity index (χ1) is 31.0. The van der Waals surface area contributed by atoms with E-state index >= 15 is 0 Å². The maximum absolute atomic E-state index is 5.51. The first-order valence-electron chi connectivity index (χ1n) is 21.7. The van der Waals surface area contributed by atoms with Gasteiger partial charge in [0, 0.05) is 49.2 Å². The van der Waals surface area contributed by atoms with E-state index in [9.17, 15) is 0 Å². The van der Waals surface area contributed by atoms with Gasteiger partial charge in [0.2, 0.25) is 5.95 Å². The van der Waals surface area contributed by atoms with Crippen LogP contribution in [0.15, 0.2) is 206 Å². The quantitative estimate of drug-likeness (QED) is 0.174. The van der Waals surface area contributed by atoms with Crippen molar-refractivity contribution < 1.29 is 0 Å². The molecule has 0 atom stereocenters. The highest BCUT2D eigenvalue weighted by Crippen LogP contribution is 2.53. The first-order valence-corrected chi connectivity index (χ1v) is 21.7. The molecule has 0 bridgehead atoms. The van der Waals surface area contributed by atoms with Crippen LogP contribution in [0.5, 0.6) is 0 Å². The van der Waals surface area contributed by atoms with Crippen molar-refractivity contribution in [3.05, 3.63) is 217 Å². The number of rotatable bonds is 5. The fraction of sp³-hybridized carbons (Fsp3) is 0.0508. The van der Waals surface area contributed by atoms with Gasteiger partial charge in [0.15, 0.2) is 0 Å². The van der Waals surface area contributed by atoms with Crippen LogP contribution in [0.25, 0.3) is 111 Å². The van der Waals surface area contributed by atoms with Crippen molar-refractivity contribution in [2.45, 2.75) is 19.3 Å². The SMILES string of the molecule is CC1(C)c2ccccc2-c2c1ccc1c3ccccc3n(-c3nc(-c4ccc(-c5cccc(-c6ccc7c(c6)c6ccccc6n7-c6ccccc6)c5)cc4)c4ccccc4n3)c21. The van der Waals surface area contributed by atoms with E-state index in [4.69, 9.17) is 9.97 Å². The van der Waals surface area contributed by atoms with Crippen LogP contribution in [0.2, 0.25) is 0 Å². The average molecular weight is 805 g/mol. The van der Waals surface area contributed by atoms with E-state index in [2.05, 4.69) is 229 Å². The molecular weight excluding hydrogens is 765 g/mol. The van der Waals surface area contributed by atoms with Gasteiger partial charge in [-0.25, -0.2) is 9.97 Å². The average Bonchev–Trinajstić information content (AvgIpc) is 3.94. The molecule has 0 spiro atoms. The first kappa shape index (κ1) is 35.7. The maximum atomic E-state index is 5.51. The van der Waals surface area contributed by atoms with E-state index in [1.54, 1.807) is 0 Å². The largest absolute Gasteiger partial charge is 0.309 e. The second kappa shape index (κ2) is 13.5. The molecule has 0 radical (unpaired) electrons. The van der Waals surface area contributed by atoms with Crippen molar-refractivity contribution >= 4 is 54.5 Å². The van der Waals surface area contributed by atoms with Gasteiger partial charge in [0.25, 0.3) is 0 Å². The topological polar surface area (TPSA) is 35.6 Å². The molecule has 12 aromatic rings. The van der Waals surface area contributed by atoms with Gasteiger partial charge in [-0.3, -0.25) is 4.57 Å². The van der Waals surface area contributed by atoms with E-state index in [-0.39, 0.29) is 5.41 Å². The molecule has 63 heavy (non-hydrogen) atoms. The predicted molar refractivity (Wildman–Crippen MR) is 262 cm³/mol. The van der Waals surface area contributed by atoms with Crippen molar-refractivity contribution in [2.24, 2.45) is 0 Å². The number of benzene rings is 9. The van der Waals surface area contributed by atoms with Gasteiger partial charge in [0.1, 0.15) is 0 Å². The van der Waals surface area contributed by atoms with Crippen LogP contribution in [-0.4, -0.2) is 19.1 Å². The summed E-state index contributed by atoms with van der Waals surface area (Å²) in [5, 5.41) is 5.93. The number of para-hydroxylation sites is 4. The van der Waals surface area contributed by atoms with E-state index in [1.807, 2.05) is 0 Å². The van der Waals surface area contributed by atoms with Gasteiger partial charge < -0.3 is 4.57 Å². The van der Waals surface area contributed by atoms with Gasteiger partial charge in [0.05, 0.1) is 33.3 Å². The standard InChI is InChI=1S/C59H40N4/c1-59(2)49-23-10-6-21-46(49)55-50(59)33-32-45-43-19-8-13-26-53(43)63(57(45)55)58-60-51-24-11-7-22-47(51)56(61-58)38-29-27-37(28-30-38)39-15-14-16-40(35-39)41-31-34-54-48(36-41)44-20-9-12-25-52(44)62(54)42-17-4-3-5-18-42/h3-36H,1-2H3. The lowest BCUT2D eigenvalue weighted by Crippen LogP contribution is -2.14. The molecular formula is C59H40N4. The minimum Gasteiger partial charge on any atom is -0.309 e. The molecule has 3 aromatic heterocycles. The van der Waals surface area contributed by atoms with Gasteiger partial charge in [-0.15, -0.1) is 0 Å². The van der Waals surface area contributed by atoms with Crippen LogP contribution in [0.1, 0.15) is 25.0 Å². The lowest BCUT2D eigenvalue weighted by molar-refractivity contribution is 0.661. The summed E-state index contributed by atoms with van der Waals surface area (Å²) in [6.45, 7) is 4.68. The van der Waals surface area contributed by atoms with Crippen LogP contribution >= 0.6 is 0 Å². The molecule has 0 fully saturated rings. The Hall–Kier alpha value is -8.08.